The largest absolute Gasteiger partial charge is 0.394 e. The van der Waals surface area contributed by atoms with Crippen LogP contribution < -0.4 is 5.32 Å². The van der Waals surface area contributed by atoms with E-state index in [1.807, 2.05) is 19.1 Å². The summed E-state index contributed by atoms with van der Waals surface area (Å²) in [5.74, 6) is -0.172. The number of rotatable bonds is 4. The van der Waals surface area contributed by atoms with Crippen LogP contribution in [0.3, 0.4) is 0 Å². The molecule has 22 heavy (non-hydrogen) atoms. The second kappa shape index (κ2) is 5.88. The number of carbonyl (C=O) groups is 1. The lowest BCUT2D eigenvalue weighted by molar-refractivity contribution is 0.0838. The van der Waals surface area contributed by atoms with Gasteiger partial charge in [0.2, 0.25) is 0 Å². The van der Waals surface area contributed by atoms with Crippen molar-refractivity contribution in [3.05, 3.63) is 42.0 Å². The Morgan fingerprint density at radius 3 is 2.68 bits per heavy atom. The van der Waals surface area contributed by atoms with E-state index in [0.29, 0.717) is 5.56 Å². The average molecular weight is 300 g/mol. The molecule has 116 valence electrons. The molecule has 0 aromatic carbocycles. The molecule has 1 fully saturated rings. The number of nitrogens with zero attached hydrogens (tertiary/aromatic N) is 3. The molecule has 0 saturated heterocycles. The summed E-state index contributed by atoms with van der Waals surface area (Å²) >= 11 is 0. The quantitative estimate of drug-likeness (QED) is 0.899. The zero-order chi connectivity index (χ0) is 15.6. The van der Waals surface area contributed by atoms with Crippen LogP contribution >= 0.6 is 0 Å². The monoisotopic (exact) mass is 300 g/mol. The van der Waals surface area contributed by atoms with Gasteiger partial charge in [-0.2, -0.15) is 5.10 Å². The third-order valence-electron chi connectivity index (χ3n) is 4.40. The van der Waals surface area contributed by atoms with Gasteiger partial charge in [-0.15, -0.1) is 0 Å². The van der Waals surface area contributed by atoms with Crippen LogP contribution in [0.4, 0.5) is 0 Å². The highest BCUT2D eigenvalue weighted by Gasteiger charge is 2.35. The van der Waals surface area contributed by atoms with Gasteiger partial charge < -0.3 is 10.4 Å². The SMILES string of the molecule is Cc1c(C(=O)NC2(CO)CCCC2)cnn1-c1ccncc1. The molecule has 6 nitrogen and oxygen atoms in total. The lowest BCUT2D eigenvalue weighted by Crippen LogP contribution is -2.49. The fraction of sp³-hybridized carbons (Fsp3) is 0.438. The molecule has 1 saturated carbocycles. The smallest absolute Gasteiger partial charge is 0.255 e. The van der Waals surface area contributed by atoms with Crippen molar-refractivity contribution < 1.29 is 9.90 Å². The van der Waals surface area contributed by atoms with Crippen LogP contribution in [0.2, 0.25) is 0 Å². The van der Waals surface area contributed by atoms with Gasteiger partial charge in [0.1, 0.15) is 0 Å². The van der Waals surface area contributed by atoms with Crippen molar-refractivity contribution in [2.75, 3.05) is 6.61 Å². The molecule has 2 N–H and O–H groups in total. The molecular formula is C16H20N4O2. The minimum atomic E-state index is -0.470. The highest BCUT2D eigenvalue weighted by atomic mass is 16.3. The predicted molar refractivity (Wildman–Crippen MR) is 81.8 cm³/mol. The van der Waals surface area contributed by atoms with E-state index in [4.69, 9.17) is 0 Å². The molecule has 2 aromatic rings. The Labute approximate surface area is 129 Å². The van der Waals surface area contributed by atoms with Crippen LogP contribution in [-0.2, 0) is 0 Å². The van der Waals surface area contributed by atoms with E-state index in [1.54, 1.807) is 23.3 Å². The number of hydrogen-bond acceptors (Lipinski definition) is 4. The Morgan fingerprint density at radius 1 is 1.36 bits per heavy atom. The molecule has 0 aliphatic heterocycles. The molecule has 0 unspecified atom stereocenters. The van der Waals surface area contributed by atoms with Crippen LogP contribution in [-0.4, -0.2) is 37.9 Å². The van der Waals surface area contributed by atoms with Crippen molar-refractivity contribution in [1.82, 2.24) is 20.1 Å². The van der Waals surface area contributed by atoms with E-state index in [-0.39, 0.29) is 12.5 Å². The third kappa shape index (κ3) is 2.62. The molecule has 0 spiro atoms. The molecule has 3 rings (SSSR count). The summed E-state index contributed by atoms with van der Waals surface area (Å²) in [5, 5.41) is 16.9. The molecule has 1 aliphatic carbocycles. The van der Waals surface area contributed by atoms with E-state index in [1.165, 1.54) is 0 Å². The number of aliphatic hydroxyl groups is 1. The van der Waals surface area contributed by atoms with Crippen molar-refractivity contribution in [1.29, 1.82) is 0 Å². The second-order valence-corrected chi connectivity index (χ2v) is 5.86. The first-order valence-electron chi connectivity index (χ1n) is 7.54. The first-order chi connectivity index (χ1) is 10.7. The van der Waals surface area contributed by atoms with Gasteiger partial charge in [-0.05, 0) is 31.9 Å². The number of hydrogen-bond donors (Lipinski definition) is 2. The van der Waals surface area contributed by atoms with Crippen LogP contribution in [0.25, 0.3) is 5.69 Å². The molecule has 2 aromatic heterocycles. The van der Waals surface area contributed by atoms with Crippen molar-refractivity contribution in [2.45, 2.75) is 38.1 Å². The third-order valence-corrected chi connectivity index (χ3v) is 4.40. The van der Waals surface area contributed by atoms with Crippen molar-refractivity contribution in [3.8, 4) is 5.69 Å². The maximum Gasteiger partial charge on any atom is 0.255 e. The topological polar surface area (TPSA) is 80.0 Å². The molecule has 0 bridgehead atoms. The number of aliphatic hydroxyl groups excluding tert-OH is 1. The van der Waals surface area contributed by atoms with Gasteiger partial charge in [0.05, 0.1) is 35.3 Å². The van der Waals surface area contributed by atoms with Crippen LogP contribution in [0, 0.1) is 6.92 Å². The summed E-state index contributed by atoms with van der Waals surface area (Å²) < 4.78 is 1.72. The summed E-state index contributed by atoms with van der Waals surface area (Å²) in [6.45, 7) is 1.85. The zero-order valence-corrected chi connectivity index (χ0v) is 12.6. The maximum absolute atomic E-state index is 12.5. The van der Waals surface area contributed by atoms with Gasteiger partial charge in [-0.3, -0.25) is 9.78 Å². The molecular weight excluding hydrogens is 280 g/mol. The standard InChI is InChI=1S/C16H20N4O2/c1-12-14(10-18-20(12)13-4-8-17-9-5-13)15(22)19-16(11-21)6-2-3-7-16/h4-5,8-10,21H,2-3,6-7,11H2,1H3,(H,19,22). The molecule has 1 aliphatic rings. The fourth-order valence-corrected chi connectivity index (χ4v) is 3.06. The van der Waals surface area contributed by atoms with Crippen molar-refractivity contribution >= 4 is 5.91 Å². The Bertz CT molecular complexity index is 660. The van der Waals surface area contributed by atoms with Crippen molar-refractivity contribution in [2.24, 2.45) is 0 Å². The van der Waals surface area contributed by atoms with E-state index >= 15 is 0 Å². The summed E-state index contributed by atoms with van der Waals surface area (Å²) in [5.41, 5.74) is 1.71. The minimum Gasteiger partial charge on any atom is -0.394 e. The highest BCUT2D eigenvalue weighted by molar-refractivity contribution is 5.95. The normalized spacial score (nSPS) is 16.6. The minimum absolute atomic E-state index is 0.0176. The first-order valence-corrected chi connectivity index (χ1v) is 7.54. The summed E-state index contributed by atoms with van der Waals surface area (Å²) in [4.78, 5) is 16.5. The van der Waals surface area contributed by atoms with E-state index < -0.39 is 5.54 Å². The second-order valence-electron chi connectivity index (χ2n) is 5.86. The number of carbonyl (C=O) groups excluding carboxylic acids is 1. The van der Waals surface area contributed by atoms with E-state index in [9.17, 15) is 9.90 Å². The van der Waals surface area contributed by atoms with E-state index in [0.717, 1.165) is 37.1 Å². The van der Waals surface area contributed by atoms with Crippen LogP contribution in [0.15, 0.2) is 30.7 Å². The van der Waals surface area contributed by atoms with Gasteiger partial charge in [0.15, 0.2) is 0 Å². The van der Waals surface area contributed by atoms with Gasteiger partial charge in [0.25, 0.3) is 5.91 Å². The Kier molecular flexibility index (Phi) is 3.94. The van der Waals surface area contributed by atoms with Crippen LogP contribution in [0.5, 0.6) is 0 Å². The molecule has 0 atom stereocenters. The zero-order valence-electron chi connectivity index (χ0n) is 12.6. The number of nitrogens with one attached hydrogen (secondary N) is 1. The van der Waals surface area contributed by atoms with Crippen LogP contribution in [0.1, 0.15) is 41.7 Å². The van der Waals surface area contributed by atoms with Gasteiger partial charge >= 0.3 is 0 Å². The number of pyridine rings is 1. The predicted octanol–water partition coefficient (Wildman–Crippen LogP) is 1.61. The van der Waals surface area contributed by atoms with Gasteiger partial charge in [-0.1, -0.05) is 12.8 Å². The van der Waals surface area contributed by atoms with Gasteiger partial charge in [-0.25, -0.2) is 4.68 Å². The highest BCUT2D eigenvalue weighted by Crippen LogP contribution is 2.29. The first kappa shape index (κ1) is 14.7. The Hall–Kier alpha value is -2.21. The molecule has 1 amide bonds. The van der Waals surface area contributed by atoms with Gasteiger partial charge in [0, 0.05) is 12.4 Å². The Balaban J connectivity index is 1.84. The molecule has 2 heterocycles. The number of amides is 1. The molecule has 6 heteroatoms. The summed E-state index contributed by atoms with van der Waals surface area (Å²) in [7, 11) is 0. The summed E-state index contributed by atoms with van der Waals surface area (Å²) in [6.07, 6.45) is 8.68. The Morgan fingerprint density at radius 2 is 2.05 bits per heavy atom. The average Bonchev–Trinajstić information content (AvgIpc) is 3.15. The summed E-state index contributed by atoms with van der Waals surface area (Å²) in [6, 6.07) is 3.68. The lowest BCUT2D eigenvalue weighted by atomic mass is 9.98. The lowest BCUT2D eigenvalue weighted by Gasteiger charge is -2.27. The fourth-order valence-electron chi connectivity index (χ4n) is 3.06. The van der Waals surface area contributed by atoms with Crippen molar-refractivity contribution in [3.63, 3.8) is 0 Å². The maximum atomic E-state index is 12.5. The number of aromatic nitrogens is 3. The van der Waals surface area contributed by atoms with E-state index in [2.05, 4.69) is 15.4 Å². The molecule has 0 radical (unpaired) electrons.